The van der Waals surface area contributed by atoms with E-state index in [4.69, 9.17) is 16.3 Å². The normalized spacial score (nSPS) is 12.9. The van der Waals surface area contributed by atoms with Crippen LogP contribution in [0.25, 0.3) is 5.69 Å². The summed E-state index contributed by atoms with van der Waals surface area (Å²) in [6.07, 6.45) is -5.38. The third kappa shape index (κ3) is 4.59. The van der Waals surface area contributed by atoms with Gasteiger partial charge < -0.3 is 4.74 Å². The fourth-order valence-corrected chi connectivity index (χ4v) is 3.04. The Bertz CT molecular complexity index is 957. The number of hydrogen-bond acceptors (Lipinski definition) is 4. The van der Waals surface area contributed by atoms with Crippen LogP contribution in [0.5, 0.6) is 5.88 Å². The largest absolute Gasteiger partial charge is 0.459 e. The fourth-order valence-electron chi connectivity index (χ4n) is 2.48. The molecule has 0 fully saturated rings. The smallest absolute Gasteiger partial charge is 0.429 e. The predicted molar refractivity (Wildman–Crippen MR) is 97.2 cm³/mol. The predicted octanol–water partition coefficient (Wildman–Crippen LogP) is 5.38. The number of hydrogen-bond donors (Lipinski definition) is 0. The van der Waals surface area contributed by atoms with Gasteiger partial charge in [-0.3, -0.25) is 0 Å². The minimum atomic E-state index is -4.70. The molecule has 3 aromatic rings. The first-order valence-electron chi connectivity index (χ1n) is 7.70. The van der Waals surface area contributed by atoms with Gasteiger partial charge >= 0.3 is 6.18 Å². The van der Waals surface area contributed by atoms with Crippen molar-refractivity contribution in [3.63, 3.8) is 0 Å². The summed E-state index contributed by atoms with van der Waals surface area (Å²) >= 11 is 9.10. The van der Waals surface area contributed by atoms with Gasteiger partial charge in [0.1, 0.15) is 11.0 Å². The summed E-state index contributed by atoms with van der Waals surface area (Å²) in [5.41, 5.74) is 0.793. The molecule has 10 heteroatoms. The average molecular weight is 462 g/mol. The molecule has 0 spiro atoms. The molecule has 0 unspecified atom stereocenters. The molecule has 2 aromatic heterocycles. The summed E-state index contributed by atoms with van der Waals surface area (Å²) in [6, 6.07) is 7.23. The van der Waals surface area contributed by atoms with E-state index in [-0.39, 0.29) is 28.1 Å². The van der Waals surface area contributed by atoms with E-state index in [2.05, 4.69) is 31.0 Å². The van der Waals surface area contributed by atoms with E-state index in [1.54, 1.807) is 25.3 Å². The quantitative estimate of drug-likeness (QED) is 0.490. The maximum absolute atomic E-state index is 13.9. The van der Waals surface area contributed by atoms with Crippen LogP contribution >= 0.6 is 27.5 Å². The van der Waals surface area contributed by atoms with Crippen LogP contribution in [0.15, 0.2) is 41.0 Å². The molecule has 3 rings (SSSR count). The summed E-state index contributed by atoms with van der Waals surface area (Å²) in [4.78, 5) is 7.72. The Labute approximate surface area is 166 Å². The Kier molecular flexibility index (Phi) is 5.43. The van der Waals surface area contributed by atoms with Gasteiger partial charge in [0, 0.05) is 22.3 Å². The Morgan fingerprint density at radius 2 is 1.89 bits per heavy atom. The Balaban J connectivity index is 2.11. The molecule has 5 nitrogen and oxygen atoms in total. The number of nitrogens with zero attached hydrogens (tertiary/aromatic N) is 4. The maximum atomic E-state index is 13.9. The first-order chi connectivity index (χ1) is 12.6. The molecule has 0 saturated heterocycles. The maximum Gasteiger partial charge on any atom is 0.429 e. The van der Waals surface area contributed by atoms with E-state index in [0.29, 0.717) is 10.2 Å². The topological polar surface area (TPSA) is 52.8 Å². The van der Waals surface area contributed by atoms with Gasteiger partial charge in [0.2, 0.25) is 12.0 Å². The van der Waals surface area contributed by atoms with Gasteiger partial charge in [0.25, 0.3) is 0 Å². The first kappa shape index (κ1) is 19.6. The molecule has 0 aliphatic carbocycles. The lowest BCUT2D eigenvalue weighted by Crippen LogP contribution is -2.28. The average Bonchev–Trinajstić information content (AvgIpc) is 2.97. The Morgan fingerprint density at radius 1 is 1.15 bits per heavy atom. The molecular formula is C17H13BrClF3N4O. The van der Waals surface area contributed by atoms with Crippen molar-refractivity contribution < 1.29 is 17.9 Å². The number of alkyl halides is 3. The number of aryl methyl sites for hydroxylation is 2. The summed E-state index contributed by atoms with van der Waals surface area (Å²) in [5, 5.41) is 4.21. The van der Waals surface area contributed by atoms with Gasteiger partial charge in [-0.2, -0.15) is 23.3 Å². The summed E-state index contributed by atoms with van der Waals surface area (Å²) in [7, 11) is 0. The second-order valence-electron chi connectivity index (χ2n) is 5.72. The molecule has 1 aromatic carbocycles. The number of benzene rings is 1. The second-order valence-corrected chi connectivity index (χ2v) is 7.02. The van der Waals surface area contributed by atoms with Crippen molar-refractivity contribution in [2.75, 3.05) is 0 Å². The highest BCUT2D eigenvalue weighted by Gasteiger charge is 2.45. The summed E-state index contributed by atoms with van der Waals surface area (Å²) in [5.74, 6) is -0.0579. The van der Waals surface area contributed by atoms with E-state index in [1.165, 1.54) is 23.7 Å². The molecule has 0 bridgehead atoms. The zero-order chi connectivity index (χ0) is 19.8. The number of ether oxygens (including phenoxy) is 1. The van der Waals surface area contributed by atoms with Crippen molar-refractivity contribution >= 4 is 27.5 Å². The van der Waals surface area contributed by atoms with E-state index in [1.807, 2.05) is 0 Å². The van der Waals surface area contributed by atoms with E-state index in [0.717, 1.165) is 6.07 Å². The second kappa shape index (κ2) is 7.47. The van der Waals surface area contributed by atoms with Crippen LogP contribution in [0, 0.1) is 13.8 Å². The van der Waals surface area contributed by atoms with E-state index >= 15 is 0 Å². The first-order valence-corrected chi connectivity index (χ1v) is 8.87. The van der Waals surface area contributed by atoms with Crippen LogP contribution in [0.2, 0.25) is 5.15 Å². The van der Waals surface area contributed by atoms with E-state index in [9.17, 15) is 13.2 Å². The lowest BCUT2D eigenvalue weighted by atomic mass is 10.1. The zero-order valence-corrected chi connectivity index (χ0v) is 16.5. The minimum absolute atomic E-state index is 0.00263. The number of aromatic nitrogens is 4. The van der Waals surface area contributed by atoms with Gasteiger partial charge in [-0.25, -0.2) is 9.67 Å². The molecule has 27 heavy (non-hydrogen) atoms. The van der Waals surface area contributed by atoms with Crippen molar-refractivity contribution in [2.24, 2.45) is 0 Å². The molecule has 0 aliphatic rings. The van der Waals surface area contributed by atoms with Gasteiger partial charge in [-0.05, 0) is 32.0 Å². The molecule has 0 amide bonds. The number of halogens is 5. The van der Waals surface area contributed by atoms with Crippen LogP contribution in [0.1, 0.15) is 23.2 Å². The van der Waals surface area contributed by atoms with Crippen molar-refractivity contribution in [1.29, 1.82) is 0 Å². The minimum Gasteiger partial charge on any atom is -0.459 e. The molecule has 1 atom stereocenters. The van der Waals surface area contributed by atoms with Crippen molar-refractivity contribution in [2.45, 2.75) is 26.1 Å². The summed E-state index contributed by atoms with van der Waals surface area (Å²) in [6.45, 7) is 3.26. The van der Waals surface area contributed by atoms with Gasteiger partial charge in [0.05, 0.1) is 11.4 Å². The van der Waals surface area contributed by atoms with Crippen LogP contribution in [0.3, 0.4) is 0 Å². The van der Waals surface area contributed by atoms with Crippen LogP contribution in [-0.2, 0) is 0 Å². The monoisotopic (exact) mass is 460 g/mol. The lowest BCUT2D eigenvalue weighted by molar-refractivity contribution is -0.198. The molecule has 0 radical (unpaired) electrons. The Hall–Kier alpha value is -2.13. The van der Waals surface area contributed by atoms with Crippen molar-refractivity contribution in [3.05, 3.63) is 63.2 Å². The molecule has 2 heterocycles. The van der Waals surface area contributed by atoms with Crippen LogP contribution < -0.4 is 4.74 Å². The van der Waals surface area contributed by atoms with Crippen molar-refractivity contribution in [1.82, 2.24) is 19.7 Å². The van der Waals surface area contributed by atoms with Crippen LogP contribution in [-0.4, -0.2) is 25.9 Å². The third-order valence-corrected chi connectivity index (χ3v) is 4.25. The SMILES string of the molecule is Cc1ccn(-c2cc(Br)ccc2[C@@H](Oc2cc(Cl)nc(C)n2)C(F)(F)F)n1. The molecule has 142 valence electrons. The summed E-state index contributed by atoms with van der Waals surface area (Å²) < 4.78 is 48.8. The van der Waals surface area contributed by atoms with Crippen LogP contribution in [0.4, 0.5) is 13.2 Å². The number of rotatable bonds is 4. The molecule has 0 aliphatic heterocycles. The van der Waals surface area contributed by atoms with Crippen molar-refractivity contribution in [3.8, 4) is 11.6 Å². The Morgan fingerprint density at radius 3 is 2.48 bits per heavy atom. The highest BCUT2D eigenvalue weighted by molar-refractivity contribution is 9.10. The highest BCUT2D eigenvalue weighted by atomic mass is 79.9. The highest BCUT2D eigenvalue weighted by Crippen LogP contribution is 2.39. The fraction of sp³-hybridized carbons (Fsp3) is 0.235. The van der Waals surface area contributed by atoms with Gasteiger partial charge in [0.15, 0.2) is 0 Å². The van der Waals surface area contributed by atoms with Gasteiger partial charge in [-0.1, -0.05) is 33.6 Å². The molecular weight excluding hydrogens is 449 g/mol. The molecule has 0 saturated carbocycles. The van der Waals surface area contributed by atoms with E-state index < -0.39 is 12.3 Å². The van der Waals surface area contributed by atoms with Gasteiger partial charge in [-0.15, -0.1) is 0 Å². The third-order valence-electron chi connectivity index (χ3n) is 3.56. The molecule has 0 N–H and O–H groups in total. The lowest BCUT2D eigenvalue weighted by Gasteiger charge is -2.24. The standard InChI is InChI=1S/C17H13BrClF3N4O/c1-9-5-6-26(25-9)13-7-11(18)3-4-12(13)16(17(20,21)22)27-15-8-14(19)23-10(2)24-15/h3-8,16H,1-2H3/t16-/m1/s1. The zero-order valence-electron chi connectivity index (χ0n) is 14.1.